The van der Waals surface area contributed by atoms with Crippen LogP contribution >= 0.6 is 0 Å². The molecule has 0 spiro atoms. The van der Waals surface area contributed by atoms with Crippen molar-refractivity contribution < 1.29 is 9.13 Å². The Kier molecular flexibility index (Phi) is 7.13. The number of ether oxygens (including phenoxy) is 1. The van der Waals surface area contributed by atoms with Crippen molar-refractivity contribution in [1.82, 2.24) is 9.55 Å². The minimum absolute atomic E-state index is 0.0727. The lowest BCUT2D eigenvalue weighted by atomic mass is 10.1. The van der Waals surface area contributed by atoms with Crippen molar-refractivity contribution in [3.63, 3.8) is 0 Å². The normalized spacial score (nSPS) is 15.2. The van der Waals surface area contributed by atoms with Gasteiger partial charge in [-0.2, -0.15) is 0 Å². The van der Waals surface area contributed by atoms with E-state index < -0.39 is 5.82 Å². The molecule has 2 aromatic heterocycles. The summed E-state index contributed by atoms with van der Waals surface area (Å²) in [5, 5.41) is 13.9. The summed E-state index contributed by atoms with van der Waals surface area (Å²) >= 11 is 0. The largest absolute Gasteiger partial charge is 0.381 e. The molecule has 29 heavy (non-hydrogen) atoms. The van der Waals surface area contributed by atoms with Gasteiger partial charge in [-0.1, -0.05) is 6.92 Å². The summed E-state index contributed by atoms with van der Waals surface area (Å²) in [5.74, 6) is 0.0177. The van der Waals surface area contributed by atoms with Crippen molar-refractivity contribution in [2.75, 3.05) is 23.8 Å². The van der Waals surface area contributed by atoms with E-state index in [0.717, 1.165) is 25.5 Å². The number of anilines is 2. The van der Waals surface area contributed by atoms with Gasteiger partial charge in [0.05, 0.1) is 5.69 Å². The Hall–Kier alpha value is -3.00. The summed E-state index contributed by atoms with van der Waals surface area (Å²) in [6.45, 7) is 4.00. The van der Waals surface area contributed by atoms with Crippen LogP contribution in [0.4, 0.5) is 15.9 Å². The smallest absolute Gasteiger partial charge is 0.250 e. The van der Waals surface area contributed by atoms with Gasteiger partial charge in [0, 0.05) is 73.9 Å². The molecule has 0 saturated carbocycles. The maximum atomic E-state index is 14.7. The third-order valence-corrected chi connectivity index (χ3v) is 4.74. The number of nitrogens with one attached hydrogen (secondary N) is 3. The molecule has 0 bridgehead atoms. The zero-order valence-electron chi connectivity index (χ0n) is 16.5. The maximum Gasteiger partial charge on any atom is 0.250 e. The molecule has 0 amide bonds. The summed E-state index contributed by atoms with van der Waals surface area (Å²) in [7, 11) is 0. The molecule has 1 fully saturated rings. The van der Waals surface area contributed by atoms with Crippen molar-refractivity contribution in [2.24, 2.45) is 0 Å². The van der Waals surface area contributed by atoms with Crippen molar-refractivity contribution in [3.8, 4) is 0 Å². The van der Waals surface area contributed by atoms with Gasteiger partial charge in [-0.25, -0.2) is 9.37 Å². The van der Waals surface area contributed by atoms with Gasteiger partial charge in [0.2, 0.25) is 0 Å². The second kappa shape index (κ2) is 9.97. The van der Waals surface area contributed by atoms with Crippen LogP contribution in [0.25, 0.3) is 5.57 Å². The first-order valence-electron chi connectivity index (χ1n) is 9.78. The predicted molar refractivity (Wildman–Crippen MR) is 113 cm³/mol. The Morgan fingerprint density at radius 2 is 2.21 bits per heavy atom. The summed E-state index contributed by atoms with van der Waals surface area (Å²) < 4.78 is 21.6. The van der Waals surface area contributed by atoms with E-state index in [1.807, 2.05) is 6.92 Å². The number of nitrogens with zero attached hydrogens (tertiary/aromatic N) is 2. The molecule has 3 rings (SSSR count). The number of pyridine rings is 2. The van der Waals surface area contributed by atoms with Crippen LogP contribution in [0.3, 0.4) is 0 Å². The van der Waals surface area contributed by atoms with Gasteiger partial charge in [0.15, 0.2) is 0 Å². The minimum atomic E-state index is -0.456. The predicted octanol–water partition coefficient (Wildman–Crippen LogP) is 3.49. The highest BCUT2D eigenvalue weighted by Crippen LogP contribution is 2.20. The summed E-state index contributed by atoms with van der Waals surface area (Å²) in [5.41, 5.74) is 1.19. The number of aromatic nitrogens is 2. The highest BCUT2D eigenvalue weighted by Gasteiger charge is 2.15. The van der Waals surface area contributed by atoms with E-state index in [1.165, 1.54) is 24.5 Å². The molecular formula is C21H26FN5O2. The van der Waals surface area contributed by atoms with E-state index >= 15 is 0 Å². The Balaban J connectivity index is 1.74. The minimum Gasteiger partial charge on any atom is -0.381 e. The third-order valence-electron chi connectivity index (χ3n) is 4.74. The number of allylic oxidation sites excluding steroid dienone is 1. The van der Waals surface area contributed by atoms with E-state index in [1.54, 1.807) is 16.8 Å². The van der Waals surface area contributed by atoms with Crippen molar-refractivity contribution >= 4 is 23.3 Å². The molecule has 3 heterocycles. The molecular weight excluding hydrogens is 373 g/mol. The van der Waals surface area contributed by atoms with Gasteiger partial charge in [-0.3, -0.25) is 4.79 Å². The topological polar surface area (TPSA) is 92.0 Å². The number of rotatable bonds is 8. The van der Waals surface area contributed by atoms with Gasteiger partial charge in [0.25, 0.3) is 5.56 Å². The number of hydrogen-bond donors (Lipinski definition) is 3. The Labute approximate surface area is 169 Å². The molecule has 0 unspecified atom stereocenters. The highest BCUT2D eigenvalue weighted by molar-refractivity contribution is 6.08. The average molecular weight is 399 g/mol. The molecule has 0 radical (unpaired) electrons. The van der Waals surface area contributed by atoms with Crippen LogP contribution in [0.15, 0.2) is 41.6 Å². The lowest BCUT2D eigenvalue weighted by molar-refractivity contribution is 0.0904. The van der Waals surface area contributed by atoms with Crippen LogP contribution < -0.4 is 16.2 Å². The standard InChI is InChI=1S/C21H26FN5O2/c1-2-7-27-14-17(3-4-21(27)28)24-12-15(11-23)18-13-25-20(10-19(18)22)26-16-5-8-29-9-6-16/h3-4,10-14,16,23-24H,2,5-9H2,1H3,(H,25,26)/b15-12+,23-11?. The van der Waals surface area contributed by atoms with Gasteiger partial charge < -0.3 is 25.3 Å². The SMILES string of the molecule is CCCn1cc(N/C=C(\C=N)c2cnc(NC3CCOCC3)cc2F)ccc1=O. The summed E-state index contributed by atoms with van der Waals surface area (Å²) in [4.78, 5) is 16.1. The number of halogens is 1. The second-order valence-electron chi connectivity index (χ2n) is 6.92. The van der Waals surface area contributed by atoms with Gasteiger partial charge in [0.1, 0.15) is 11.6 Å². The fraction of sp³-hybridized carbons (Fsp3) is 0.381. The van der Waals surface area contributed by atoms with Crippen molar-refractivity contribution in [2.45, 2.75) is 38.8 Å². The van der Waals surface area contributed by atoms with Crippen molar-refractivity contribution in [1.29, 1.82) is 5.41 Å². The second-order valence-corrected chi connectivity index (χ2v) is 6.92. The van der Waals surface area contributed by atoms with E-state index in [-0.39, 0.29) is 17.2 Å². The zero-order chi connectivity index (χ0) is 20.6. The van der Waals surface area contributed by atoms with Crippen LogP contribution in [0.5, 0.6) is 0 Å². The maximum absolute atomic E-state index is 14.7. The molecule has 2 aromatic rings. The fourth-order valence-electron chi connectivity index (χ4n) is 3.16. The lowest BCUT2D eigenvalue weighted by Gasteiger charge is -2.23. The van der Waals surface area contributed by atoms with E-state index in [2.05, 4.69) is 15.6 Å². The number of aryl methyl sites for hydroxylation is 1. The van der Waals surface area contributed by atoms with Crippen LogP contribution in [0, 0.1) is 11.2 Å². The van der Waals surface area contributed by atoms with Crippen molar-refractivity contribution in [3.05, 3.63) is 58.5 Å². The molecule has 0 atom stereocenters. The monoisotopic (exact) mass is 399 g/mol. The zero-order valence-corrected chi connectivity index (χ0v) is 16.5. The van der Waals surface area contributed by atoms with Crippen LogP contribution in [-0.2, 0) is 11.3 Å². The third kappa shape index (κ3) is 5.51. The van der Waals surface area contributed by atoms with Crippen LogP contribution in [0.1, 0.15) is 31.7 Å². The first kappa shape index (κ1) is 20.7. The molecule has 1 aliphatic rings. The Bertz CT molecular complexity index is 935. The molecule has 3 N–H and O–H groups in total. The molecule has 0 aliphatic carbocycles. The molecule has 0 aromatic carbocycles. The molecule has 8 heteroatoms. The van der Waals surface area contributed by atoms with Gasteiger partial charge in [-0.05, 0) is 25.3 Å². The van der Waals surface area contributed by atoms with E-state index in [4.69, 9.17) is 10.1 Å². The van der Waals surface area contributed by atoms with Crippen LogP contribution in [-0.4, -0.2) is 35.0 Å². The van der Waals surface area contributed by atoms with Gasteiger partial charge >= 0.3 is 0 Å². The molecule has 1 aliphatic heterocycles. The fourth-order valence-corrected chi connectivity index (χ4v) is 3.16. The van der Waals surface area contributed by atoms with Crippen LogP contribution in [0.2, 0.25) is 0 Å². The lowest BCUT2D eigenvalue weighted by Crippen LogP contribution is -2.28. The Morgan fingerprint density at radius 1 is 1.41 bits per heavy atom. The summed E-state index contributed by atoms with van der Waals surface area (Å²) in [6.07, 6.45) is 8.31. The quantitative estimate of drug-likeness (QED) is 0.591. The summed E-state index contributed by atoms with van der Waals surface area (Å²) in [6, 6.07) is 4.71. The number of hydrogen-bond acceptors (Lipinski definition) is 6. The van der Waals surface area contributed by atoms with E-state index in [9.17, 15) is 9.18 Å². The molecule has 154 valence electrons. The highest BCUT2D eigenvalue weighted by atomic mass is 19.1. The van der Waals surface area contributed by atoms with E-state index in [0.29, 0.717) is 36.8 Å². The molecule has 7 nitrogen and oxygen atoms in total. The first-order valence-corrected chi connectivity index (χ1v) is 9.78. The van der Waals surface area contributed by atoms with Gasteiger partial charge in [-0.15, -0.1) is 0 Å². The first-order chi connectivity index (χ1) is 14.1. The average Bonchev–Trinajstić information content (AvgIpc) is 2.73. The Morgan fingerprint density at radius 3 is 2.90 bits per heavy atom. The molecule has 1 saturated heterocycles.